The van der Waals surface area contributed by atoms with Crippen molar-refractivity contribution in [3.63, 3.8) is 0 Å². The number of rotatable bonds is 3. The first-order valence-electron chi connectivity index (χ1n) is 3.73. The first-order chi connectivity index (χ1) is 6.61. The molecule has 14 heavy (non-hydrogen) atoms. The zero-order valence-electron chi connectivity index (χ0n) is 6.98. The van der Waals surface area contributed by atoms with E-state index in [1.54, 1.807) is 0 Å². The van der Waals surface area contributed by atoms with E-state index in [4.69, 9.17) is 5.11 Å². The molecule has 0 unspecified atom stereocenters. The van der Waals surface area contributed by atoms with Crippen LogP contribution in [-0.2, 0) is 11.9 Å². The van der Waals surface area contributed by atoms with Gasteiger partial charge in [0.25, 0.3) is 6.43 Å². The molecule has 1 N–H and O–H groups in total. The Labute approximate surface area is 86.9 Å². The molecule has 2 nitrogen and oxygen atoms in total. The molecule has 1 rings (SSSR count). The fraction of sp³-hybridized carbons (Fsp3) is 0.375. The van der Waals surface area contributed by atoms with Crippen LogP contribution in [-0.4, -0.2) is 10.1 Å². The Morgan fingerprint density at radius 1 is 1.50 bits per heavy atom. The molecule has 1 heterocycles. The van der Waals surface area contributed by atoms with Gasteiger partial charge in [0, 0.05) is 16.5 Å². The summed E-state index contributed by atoms with van der Waals surface area (Å²) < 4.78 is 38.0. The summed E-state index contributed by atoms with van der Waals surface area (Å²) >= 11 is 2.96. The highest BCUT2D eigenvalue weighted by molar-refractivity contribution is 9.08. The van der Waals surface area contributed by atoms with E-state index >= 15 is 0 Å². The number of halogens is 4. The largest absolute Gasteiger partial charge is 0.392 e. The van der Waals surface area contributed by atoms with Crippen LogP contribution >= 0.6 is 15.9 Å². The van der Waals surface area contributed by atoms with Crippen molar-refractivity contribution in [3.8, 4) is 0 Å². The van der Waals surface area contributed by atoms with E-state index in [9.17, 15) is 13.2 Å². The van der Waals surface area contributed by atoms with Gasteiger partial charge >= 0.3 is 0 Å². The summed E-state index contributed by atoms with van der Waals surface area (Å²) in [5.41, 5.74) is -0.862. The normalized spacial score (nSPS) is 11.0. The van der Waals surface area contributed by atoms with E-state index in [1.807, 2.05) is 0 Å². The van der Waals surface area contributed by atoms with Crippen molar-refractivity contribution < 1.29 is 18.3 Å². The SMILES string of the molecule is OCc1c(F)cnc(CBr)c1C(F)F. The second-order valence-corrected chi connectivity index (χ2v) is 3.10. The number of pyridine rings is 1. The van der Waals surface area contributed by atoms with Crippen molar-refractivity contribution in [2.45, 2.75) is 18.4 Å². The average molecular weight is 270 g/mol. The molecule has 0 aliphatic rings. The molecule has 0 aromatic carbocycles. The van der Waals surface area contributed by atoms with Crippen LogP contribution in [0.1, 0.15) is 23.2 Å². The van der Waals surface area contributed by atoms with Gasteiger partial charge in [0.15, 0.2) is 0 Å². The highest BCUT2D eigenvalue weighted by atomic mass is 79.9. The first kappa shape index (κ1) is 11.5. The summed E-state index contributed by atoms with van der Waals surface area (Å²) in [6.45, 7) is -0.756. The third-order valence-corrected chi connectivity index (χ3v) is 2.29. The van der Waals surface area contributed by atoms with Crippen LogP contribution in [0.5, 0.6) is 0 Å². The summed E-state index contributed by atoms with van der Waals surface area (Å²) in [5, 5.41) is 8.85. The Balaban J connectivity index is 3.36. The van der Waals surface area contributed by atoms with Crippen molar-refractivity contribution in [1.82, 2.24) is 4.98 Å². The van der Waals surface area contributed by atoms with Crippen molar-refractivity contribution >= 4 is 15.9 Å². The van der Waals surface area contributed by atoms with Crippen LogP contribution in [0.2, 0.25) is 0 Å². The van der Waals surface area contributed by atoms with Crippen LogP contribution in [0.3, 0.4) is 0 Å². The summed E-state index contributed by atoms with van der Waals surface area (Å²) in [6, 6.07) is 0. The quantitative estimate of drug-likeness (QED) is 0.856. The Morgan fingerprint density at radius 2 is 2.14 bits per heavy atom. The van der Waals surface area contributed by atoms with Crippen LogP contribution in [0.4, 0.5) is 13.2 Å². The number of aliphatic hydroxyl groups is 1. The molecule has 0 bridgehead atoms. The molecular formula is C8H7BrF3NO. The lowest BCUT2D eigenvalue weighted by atomic mass is 10.1. The number of hydrogen-bond acceptors (Lipinski definition) is 2. The van der Waals surface area contributed by atoms with E-state index in [-0.39, 0.29) is 16.6 Å². The van der Waals surface area contributed by atoms with Gasteiger partial charge in [-0.1, -0.05) is 15.9 Å². The molecule has 0 aliphatic carbocycles. The predicted octanol–water partition coefficient (Wildman–Crippen LogP) is 2.55. The monoisotopic (exact) mass is 269 g/mol. The Morgan fingerprint density at radius 3 is 2.57 bits per heavy atom. The number of hydrogen-bond donors (Lipinski definition) is 1. The summed E-state index contributed by atoms with van der Waals surface area (Å²) in [7, 11) is 0. The van der Waals surface area contributed by atoms with E-state index in [2.05, 4.69) is 20.9 Å². The lowest BCUT2D eigenvalue weighted by Crippen LogP contribution is -2.05. The Bertz CT molecular complexity index is 333. The number of alkyl halides is 3. The second-order valence-electron chi connectivity index (χ2n) is 2.54. The molecular weight excluding hydrogens is 263 g/mol. The van der Waals surface area contributed by atoms with Crippen LogP contribution in [0.25, 0.3) is 0 Å². The van der Waals surface area contributed by atoms with Crippen molar-refractivity contribution in [2.24, 2.45) is 0 Å². The fourth-order valence-electron chi connectivity index (χ4n) is 1.11. The average Bonchev–Trinajstić information content (AvgIpc) is 2.17. The van der Waals surface area contributed by atoms with E-state index < -0.39 is 24.4 Å². The van der Waals surface area contributed by atoms with Crippen molar-refractivity contribution in [3.05, 3.63) is 28.8 Å². The van der Waals surface area contributed by atoms with Crippen LogP contribution in [0, 0.1) is 5.82 Å². The number of aliphatic hydroxyl groups excluding tert-OH is 1. The molecule has 0 saturated heterocycles. The lowest BCUT2D eigenvalue weighted by molar-refractivity contribution is 0.144. The third-order valence-electron chi connectivity index (χ3n) is 1.76. The predicted molar refractivity (Wildman–Crippen MR) is 47.7 cm³/mol. The zero-order chi connectivity index (χ0) is 10.7. The highest BCUT2D eigenvalue weighted by Gasteiger charge is 2.21. The summed E-state index contributed by atoms with van der Waals surface area (Å²) in [6.07, 6.45) is -2.01. The highest BCUT2D eigenvalue weighted by Crippen LogP contribution is 2.28. The van der Waals surface area contributed by atoms with Gasteiger partial charge in [-0.2, -0.15) is 0 Å². The maximum absolute atomic E-state index is 13.0. The summed E-state index contributed by atoms with van der Waals surface area (Å²) in [4.78, 5) is 3.51. The van der Waals surface area contributed by atoms with Gasteiger partial charge in [-0.15, -0.1) is 0 Å². The van der Waals surface area contributed by atoms with Gasteiger partial charge in [0.2, 0.25) is 0 Å². The van der Waals surface area contributed by atoms with Crippen LogP contribution < -0.4 is 0 Å². The van der Waals surface area contributed by atoms with Crippen molar-refractivity contribution in [2.75, 3.05) is 0 Å². The van der Waals surface area contributed by atoms with Crippen molar-refractivity contribution in [1.29, 1.82) is 0 Å². The maximum atomic E-state index is 13.0. The standard InChI is InChI=1S/C8H7BrF3NO/c9-1-6-7(8(11)12)4(3-14)5(10)2-13-6/h2,8,14H,1,3H2. The van der Waals surface area contributed by atoms with Crippen LogP contribution in [0.15, 0.2) is 6.20 Å². The fourth-order valence-corrected chi connectivity index (χ4v) is 1.56. The summed E-state index contributed by atoms with van der Waals surface area (Å²) in [5.74, 6) is -0.910. The molecule has 0 saturated carbocycles. The number of aromatic nitrogens is 1. The molecule has 1 aromatic rings. The van der Waals surface area contributed by atoms with E-state index in [1.165, 1.54) is 0 Å². The van der Waals surface area contributed by atoms with Gasteiger partial charge in [0.05, 0.1) is 18.5 Å². The van der Waals surface area contributed by atoms with Gasteiger partial charge in [0.1, 0.15) is 5.82 Å². The topological polar surface area (TPSA) is 33.1 Å². The smallest absolute Gasteiger partial charge is 0.266 e. The second kappa shape index (κ2) is 4.75. The molecule has 0 atom stereocenters. The third kappa shape index (κ3) is 2.06. The van der Waals surface area contributed by atoms with E-state index in [0.717, 1.165) is 6.20 Å². The minimum atomic E-state index is -2.84. The molecule has 1 aromatic heterocycles. The molecule has 0 aliphatic heterocycles. The molecule has 0 spiro atoms. The zero-order valence-corrected chi connectivity index (χ0v) is 8.56. The van der Waals surface area contributed by atoms with Gasteiger partial charge in [-0.3, -0.25) is 4.98 Å². The van der Waals surface area contributed by atoms with Gasteiger partial charge < -0.3 is 5.11 Å². The molecule has 0 amide bonds. The van der Waals surface area contributed by atoms with Gasteiger partial charge in [-0.25, -0.2) is 13.2 Å². The minimum Gasteiger partial charge on any atom is -0.392 e. The Kier molecular flexibility index (Phi) is 3.88. The molecule has 0 radical (unpaired) electrons. The molecule has 6 heteroatoms. The maximum Gasteiger partial charge on any atom is 0.266 e. The lowest BCUT2D eigenvalue weighted by Gasteiger charge is -2.10. The molecule has 78 valence electrons. The van der Waals surface area contributed by atoms with Gasteiger partial charge in [-0.05, 0) is 0 Å². The molecule has 0 fully saturated rings. The minimum absolute atomic E-state index is 0.0467. The van der Waals surface area contributed by atoms with E-state index in [0.29, 0.717) is 0 Å². The number of nitrogens with zero attached hydrogens (tertiary/aromatic N) is 1. The Hall–Kier alpha value is -0.620. The first-order valence-corrected chi connectivity index (χ1v) is 4.85.